The maximum atomic E-state index is 11.1. The summed E-state index contributed by atoms with van der Waals surface area (Å²) in [6.07, 6.45) is 1.24. The van der Waals surface area contributed by atoms with Crippen LogP contribution in [0.1, 0.15) is 20.3 Å². The lowest BCUT2D eigenvalue weighted by Gasteiger charge is -2.21. The molecular weight excluding hydrogens is 190 g/mol. The van der Waals surface area contributed by atoms with Crippen molar-refractivity contribution in [3.63, 3.8) is 0 Å². The molecule has 0 saturated carbocycles. The van der Waals surface area contributed by atoms with Crippen molar-refractivity contribution in [2.24, 2.45) is 17.6 Å². The molecule has 1 fully saturated rings. The average Bonchev–Trinajstić information content (AvgIpc) is 2.61. The number of primary amides is 1. The van der Waals surface area contributed by atoms with Crippen LogP contribution in [0.15, 0.2) is 0 Å². The minimum Gasteiger partial charge on any atom is -0.368 e. The van der Waals surface area contributed by atoms with Gasteiger partial charge in [0, 0.05) is 13.1 Å². The number of amides is 1. The molecule has 0 radical (unpaired) electrons. The molecule has 4 heteroatoms. The number of nitrogens with two attached hydrogens (primary N) is 1. The second-order valence-corrected chi connectivity index (χ2v) is 4.80. The first-order chi connectivity index (χ1) is 7.04. The molecule has 0 aromatic rings. The van der Waals surface area contributed by atoms with Crippen LogP contribution in [0.2, 0.25) is 0 Å². The molecule has 0 aliphatic carbocycles. The third-order valence-corrected chi connectivity index (χ3v) is 3.38. The number of nitrogens with zero attached hydrogens (tertiary/aromatic N) is 1. The Labute approximate surface area is 92.2 Å². The molecule has 3 N–H and O–H groups in total. The third-order valence-electron chi connectivity index (χ3n) is 3.38. The van der Waals surface area contributed by atoms with E-state index in [2.05, 4.69) is 24.1 Å². The van der Waals surface area contributed by atoms with Gasteiger partial charge < -0.3 is 16.0 Å². The highest BCUT2D eigenvalue weighted by molar-refractivity contribution is 5.80. The molecule has 2 atom stereocenters. The largest absolute Gasteiger partial charge is 0.368 e. The summed E-state index contributed by atoms with van der Waals surface area (Å²) in [5.41, 5.74) is 5.29. The molecule has 0 aromatic carbocycles. The lowest BCUT2D eigenvalue weighted by atomic mass is 9.95. The molecule has 0 spiro atoms. The molecule has 0 bridgehead atoms. The van der Waals surface area contributed by atoms with Gasteiger partial charge in [-0.2, -0.15) is 0 Å². The normalized spacial score (nSPS) is 24.7. The summed E-state index contributed by atoms with van der Waals surface area (Å²) >= 11 is 0. The van der Waals surface area contributed by atoms with Crippen LogP contribution in [0.3, 0.4) is 0 Å². The molecule has 1 rings (SSSR count). The smallest absolute Gasteiger partial charge is 0.235 e. The minimum absolute atomic E-state index is 0.212. The van der Waals surface area contributed by atoms with E-state index in [0.29, 0.717) is 0 Å². The monoisotopic (exact) mass is 213 g/mol. The highest BCUT2D eigenvalue weighted by Crippen LogP contribution is 2.23. The van der Waals surface area contributed by atoms with Gasteiger partial charge in [-0.15, -0.1) is 0 Å². The van der Waals surface area contributed by atoms with Crippen molar-refractivity contribution in [2.75, 3.05) is 26.7 Å². The van der Waals surface area contributed by atoms with Gasteiger partial charge in [0.05, 0.1) is 6.04 Å². The Hall–Kier alpha value is -0.610. The minimum atomic E-state index is -0.259. The van der Waals surface area contributed by atoms with Crippen molar-refractivity contribution in [2.45, 2.75) is 26.3 Å². The summed E-state index contributed by atoms with van der Waals surface area (Å²) < 4.78 is 0. The van der Waals surface area contributed by atoms with Gasteiger partial charge >= 0.3 is 0 Å². The van der Waals surface area contributed by atoms with E-state index >= 15 is 0 Å². The van der Waals surface area contributed by atoms with Gasteiger partial charge in [0.15, 0.2) is 0 Å². The van der Waals surface area contributed by atoms with Crippen molar-refractivity contribution in [3.8, 4) is 0 Å². The molecule has 2 unspecified atom stereocenters. The Kier molecular flexibility index (Phi) is 4.54. The van der Waals surface area contributed by atoms with Crippen LogP contribution < -0.4 is 11.1 Å². The van der Waals surface area contributed by atoms with E-state index in [1.807, 2.05) is 0 Å². The van der Waals surface area contributed by atoms with Crippen molar-refractivity contribution in [1.29, 1.82) is 0 Å². The van der Waals surface area contributed by atoms with Crippen molar-refractivity contribution >= 4 is 5.91 Å². The molecule has 88 valence electrons. The molecule has 1 amide bonds. The number of carbonyl (C=O) groups is 1. The topological polar surface area (TPSA) is 58.4 Å². The van der Waals surface area contributed by atoms with Crippen LogP contribution in [-0.2, 0) is 4.79 Å². The zero-order valence-corrected chi connectivity index (χ0v) is 9.99. The Morgan fingerprint density at radius 2 is 2.27 bits per heavy atom. The number of hydrogen-bond acceptors (Lipinski definition) is 3. The molecule has 15 heavy (non-hydrogen) atoms. The summed E-state index contributed by atoms with van der Waals surface area (Å²) in [6, 6.07) is -0.212. The van der Waals surface area contributed by atoms with Crippen LogP contribution >= 0.6 is 0 Å². The first kappa shape index (κ1) is 12.5. The summed E-state index contributed by atoms with van der Waals surface area (Å²) in [5.74, 6) is 1.25. The zero-order chi connectivity index (χ0) is 11.4. The van der Waals surface area contributed by atoms with Gasteiger partial charge in [0.25, 0.3) is 0 Å². The molecule has 1 aliphatic rings. The Morgan fingerprint density at radius 3 is 2.67 bits per heavy atom. The zero-order valence-electron chi connectivity index (χ0n) is 9.99. The van der Waals surface area contributed by atoms with Gasteiger partial charge in [-0.1, -0.05) is 13.8 Å². The van der Waals surface area contributed by atoms with Gasteiger partial charge in [-0.05, 0) is 31.8 Å². The van der Waals surface area contributed by atoms with E-state index < -0.39 is 0 Å². The molecule has 1 saturated heterocycles. The van der Waals surface area contributed by atoms with Gasteiger partial charge in [-0.3, -0.25) is 4.79 Å². The van der Waals surface area contributed by atoms with E-state index in [1.165, 1.54) is 6.42 Å². The van der Waals surface area contributed by atoms with Crippen LogP contribution in [0.5, 0.6) is 0 Å². The van der Waals surface area contributed by atoms with Crippen LogP contribution in [0.4, 0.5) is 0 Å². The lowest BCUT2D eigenvalue weighted by molar-refractivity contribution is -0.120. The second kappa shape index (κ2) is 5.47. The van der Waals surface area contributed by atoms with Crippen molar-refractivity contribution in [3.05, 3.63) is 0 Å². The molecular formula is C11H23N3O. The van der Waals surface area contributed by atoms with Gasteiger partial charge in [0.1, 0.15) is 0 Å². The number of likely N-dealkylation sites (tertiary alicyclic amines) is 1. The predicted molar refractivity (Wildman–Crippen MR) is 61.4 cm³/mol. The third kappa shape index (κ3) is 3.47. The Bertz CT molecular complexity index is 218. The fourth-order valence-electron chi connectivity index (χ4n) is 2.15. The van der Waals surface area contributed by atoms with E-state index in [-0.39, 0.29) is 11.9 Å². The van der Waals surface area contributed by atoms with Crippen molar-refractivity contribution < 1.29 is 4.79 Å². The van der Waals surface area contributed by atoms with E-state index in [4.69, 9.17) is 5.73 Å². The number of hydrogen-bond donors (Lipinski definition) is 2. The number of likely N-dealkylation sites (N-methyl/N-ethyl adjacent to an activating group) is 1. The SMILES string of the molecule is CNC(CN1CCC(C(C)C)C1)C(N)=O. The van der Waals surface area contributed by atoms with E-state index in [9.17, 15) is 4.79 Å². The molecule has 1 heterocycles. The van der Waals surface area contributed by atoms with Crippen LogP contribution in [0.25, 0.3) is 0 Å². The molecule has 1 aliphatic heterocycles. The quantitative estimate of drug-likeness (QED) is 0.678. The maximum absolute atomic E-state index is 11.1. The Balaban J connectivity index is 2.37. The van der Waals surface area contributed by atoms with E-state index in [0.717, 1.165) is 31.5 Å². The highest BCUT2D eigenvalue weighted by Gasteiger charge is 2.27. The van der Waals surface area contributed by atoms with Crippen LogP contribution in [0, 0.1) is 11.8 Å². The van der Waals surface area contributed by atoms with Crippen molar-refractivity contribution in [1.82, 2.24) is 10.2 Å². The number of rotatable bonds is 5. The highest BCUT2D eigenvalue weighted by atomic mass is 16.1. The fourth-order valence-corrected chi connectivity index (χ4v) is 2.15. The molecule has 4 nitrogen and oxygen atoms in total. The fraction of sp³-hybridized carbons (Fsp3) is 0.909. The number of carbonyl (C=O) groups excluding carboxylic acids is 1. The standard InChI is InChI=1S/C11H23N3O/c1-8(2)9-4-5-14(6-9)7-10(13-3)11(12)15/h8-10,13H,4-7H2,1-3H3,(H2,12,15). The summed E-state index contributed by atoms with van der Waals surface area (Å²) in [5, 5.41) is 2.96. The van der Waals surface area contributed by atoms with E-state index in [1.54, 1.807) is 7.05 Å². The van der Waals surface area contributed by atoms with Gasteiger partial charge in [-0.25, -0.2) is 0 Å². The number of nitrogens with one attached hydrogen (secondary N) is 1. The average molecular weight is 213 g/mol. The Morgan fingerprint density at radius 1 is 1.60 bits per heavy atom. The first-order valence-corrected chi connectivity index (χ1v) is 5.73. The van der Waals surface area contributed by atoms with Crippen LogP contribution in [-0.4, -0.2) is 43.5 Å². The lowest BCUT2D eigenvalue weighted by Crippen LogP contribution is -2.47. The maximum Gasteiger partial charge on any atom is 0.235 e. The first-order valence-electron chi connectivity index (χ1n) is 5.73. The molecule has 0 aromatic heterocycles. The van der Waals surface area contributed by atoms with Gasteiger partial charge in [0.2, 0.25) is 5.91 Å². The predicted octanol–water partition coefficient (Wildman–Crippen LogP) is 0.0376. The summed E-state index contributed by atoms with van der Waals surface area (Å²) in [6.45, 7) is 7.46. The summed E-state index contributed by atoms with van der Waals surface area (Å²) in [4.78, 5) is 13.4. The second-order valence-electron chi connectivity index (χ2n) is 4.80. The summed E-state index contributed by atoms with van der Waals surface area (Å²) in [7, 11) is 1.78.